The van der Waals surface area contributed by atoms with Crippen molar-refractivity contribution in [2.75, 3.05) is 0 Å². The third-order valence-electron chi connectivity index (χ3n) is 2.20. The quantitative estimate of drug-likeness (QED) is 0.364. The van der Waals surface area contributed by atoms with Crippen LogP contribution in [-0.2, 0) is 4.84 Å². The fraction of sp³-hybridized carbons (Fsp3) is 0. The highest BCUT2D eigenvalue weighted by Crippen LogP contribution is 2.18. The van der Waals surface area contributed by atoms with E-state index in [9.17, 15) is 14.9 Å². The maximum atomic E-state index is 11.6. The van der Waals surface area contributed by atoms with Crippen LogP contribution in [-0.4, -0.2) is 17.1 Å². The van der Waals surface area contributed by atoms with Gasteiger partial charge in [-0.05, 0) is 12.1 Å². The van der Waals surface area contributed by atoms with E-state index in [1.54, 1.807) is 6.07 Å². The Morgan fingerprint density at radius 2 is 2.16 bits per heavy atom. The molecule has 0 N–H and O–H groups in total. The van der Waals surface area contributed by atoms with Crippen LogP contribution < -0.4 is 0 Å². The van der Waals surface area contributed by atoms with Gasteiger partial charge in [-0.25, -0.2) is 4.79 Å². The topological polar surface area (TPSA) is 94.9 Å². The minimum absolute atomic E-state index is 0.156. The number of rotatable bonds is 4. The van der Waals surface area contributed by atoms with Gasteiger partial charge in [0.05, 0.1) is 23.7 Å². The van der Waals surface area contributed by atoms with Crippen molar-refractivity contribution in [3.05, 3.63) is 64.1 Å². The zero-order valence-electron chi connectivity index (χ0n) is 9.55. The molecule has 7 nitrogen and oxygen atoms in total. The van der Waals surface area contributed by atoms with Crippen molar-refractivity contribution >= 4 is 17.9 Å². The van der Waals surface area contributed by atoms with Gasteiger partial charge in [-0.3, -0.25) is 10.1 Å². The summed E-state index contributed by atoms with van der Waals surface area (Å²) < 4.78 is 4.79. The first-order valence-corrected chi connectivity index (χ1v) is 5.19. The van der Waals surface area contributed by atoms with Gasteiger partial charge in [0.15, 0.2) is 0 Å². The molecule has 0 saturated heterocycles. The molecule has 2 rings (SSSR count). The molecular formula is C12H8N2O5. The lowest BCUT2D eigenvalue weighted by Gasteiger charge is -1.98. The number of carbonyl (C=O) groups excluding carboxylic acids is 1. The summed E-state index contributed by atoms with van der Waals surface area (Å²) in [6, 6.07) is 7.10. The lowest BCUT2D eigenvalue weighted by molar-refractivity contribution is -0.385. The molecule has 19 heavy (non-hydrogen) atoms. The van der Waals surface area contributed by atoms with Crippen LogP contribution in [0.3, 0.4) is 0 Å². The predicted octanol–water partition coefficient (Wildman–Crippen LogP) is 2.38. The number of nitrogens with zero attached hydrogens (tertiary/aromatic N) is 2. The number of nitro benzene ring substituents is 1. The van der Waals surface area contributed by atoms with Gasteiger partial charge in [0.25, 0.3) is 5.69 Å². The van der Waals surface area contributed by atoms with Crippen LogP contribution in [0.1, 0.15) is 15.9 Å². The van der Waals surface area contributed by atoms with Gasteiger partial charge in [0.1, 0.15) is 5.56 Å². The first kappa shape index (κ1) is 12.5. The molecule has 1 aromatic heterocycles. The molecule has 0 aliphatic heterocycles. The Morgan fingerprint density at radius 1 is 1.37 bits per heavy atom. The first-order chi connectivity index (χ1) is 9.18. The normalized spacial score (nSPS) is 10.5. The molecule has 2 aromatic rings. The standard InChI is InChI=1S/C12H8N2O5/c15-12(19-13-7-9-5-6-18-8-9)10-3-1-2-4-11(10)14(16)17/h1-8H. The van der Waals surface area contributed by atoms with Crippen LogP contribution in [0.2, 0.25) is 0 Å². The molecule has 7 heteroatoms. The molecule has 0 atom stereocenters. The van der Waals surface area contributed by atoms with E-state index in [2.05, 4.69) is 9.99 Å². The molecule has 0 aliphatic carbocycles. The number of hydrogen-bond donors (Lipinski definition) is 0. The number of hydrogen-bond acceptors (Lipinski definition) is 6. The zero-order valence-corrected chi connectivity index (χ0v) is 9.55. The van der Waals surface area contributed by atoms with Crippen molar-refractivity contribution in [3.63, 3.8) is 0 Å². The van der Waals surface area contributed by atoms with Gasteiger partial charge in [-0.2, -0.15) is 0 Å². The Hall–Kier alpha value is -2.96. The minimum atomic E-state index is -0.896. The fourth-order valence-electron chi connectivity index (χ4n) is 1.34. The highest BCUT2D eigenvalue weighted by Gasteiger charge is 2.20. The largest absolute Gasteiger partial charge is 0.472 e. The Labute approximate surface area is 107 Å². The van der Waals surface area contributed by atoms with Crippen LogP contribution in [0.25, 0.3) is 0 Å². The van der Waals surface area contributed by atoms with Crippen LogP contribution in [0.4, 0.5) is 5.69 Å². The van der Waals surface area contributed by atoms with E-state index in [0.29, 0.717) is 5.56 Å². The summed E-state index contributed by atoms with van der Waals surface area (Å²) in [5, 5.41) is 14.2. The lowest BCUT2D eigenvalue weighted by Crippen LogP contribution is -2.05. The van der Waals surface area contributed by atoms with Gasteiger partial charge in [-0.1, -0.05) is 17.3 Å². The third kappa shape index (κ3) is 3.03. The van der Waals surface area contributed by atoms with Gasteiger partial charge < -0.3 is 9.25 Å². The summed E-state index contributed by atoms with van der Waals surface area (Å²) in [5.41, 5.74) is 0.123. The summed E-state index contributed by atoms with van der Waals surface area (Å²) in [6.45, 7) is 0. The second-order valence-corrected chi connectivity index (χ2v) is 3.44. The van der Waals surface area contributed by atoms with Gasteiger partial charge in [0, 0.05) is 11.6 Å². The van der Waals surface area contributed by atoms with E-state index in [1.807, 2.05) is 0 Å². The van der Waals surface area contributed by atoms with Crippen LogP contribution in [0.5, 0.6) is 0 Å². The number of para-hydroxylation sites is 1. The number of benzene rings is 1. The van der Waals surface area contributed by atoms with Crippen molar-refractivity contribution in [2.45, 2.75) is 0 Å². The van der Waals surface area contributed by atoms with E-state index in [4.69, 9.17) is 4.42 Å². The van der Waals surface area contributed by atoms with Gasteiger partial charge in [-0.15, -0.1) is 0 Å². The molecule has 0 aliphatic rings. The Bertz CT molecular complexity index is 619. The van der Waals surface area contributed by atoms with Crippen molar-refractivity contribution < 1.29 is 19.0 Å². The molecule has 0 radical (unpaired) electrons. The third-order valence-corrected chi connectivity index (χ3v) is 2.20. The maximum Gasteiger partial charge on any atom is 0.372 e. The van der Waals surface area contributed by atoms with Crippen LogP contribution in [0, 0.1) is 10.1 Å². The summed E-state index contributed by atoms with van der Waals surface area (Å²) in [6.07, 6.45) is 4.10. The molecule has 0 saturated carbocycles. The van der Waals surface area contributed by atoms with E-state index < -0.39 is 10.9 Å². The maximum absolute atomic E-state index is 11.6. The van der Waals surface area contributed by atoms with Crippen molar-refractivity contribution in [3.8, 4) is 0 Å². The molecular weight excluding hydrogens is 252 g/mol. The van der Waals surface area contributed by atoms with E-state index >= 15 is 0 Å². The van der Waals surface area contributed by atoms with Crippen LogP contribution in [0.15, 0.2) is 52.4 Å². The predicted molar refractivity (Wildman–Crippen MR) is 64.8 cm³/mol. The molecule has 0 bridgehead atoms. The summed E-state index contributed by atoms with van der Waals surface area (Å²) in [7, 11) is 0. The Balaban J connectivity index is 2.10. The fourth-order valence-corrected chi connectivity index (χ4v) is 1.34. The van der Waals surface area contributed by atoms with Crippen molar-refractivity contribution in [1.82, 2.24) is 0 Å². The first-order valence-electron chi connectivity index (χ1n) is 5.19. The highest BCUT2D eigenvalue weighted by molar-refractivity contribution is 5.94. The SMILES string of the molecule is O=C(ON=Cc1ccoc1)c1ccccc1[N+](=O)[O-]. The van der Waals surface area contributed by atoms with E-state index in [-0.39, 0.29) is 11.3 Å². The highest BCUT2D eigenvalue weighted by atomic mass is 16.7. The van der Waals surface area contributed by atoms with Crippen molar-refractivity contribution in [1.29, 1.82) is 0 Å². The second-order valence-electron chi connectivity index (χ2n) is 3.44. The van der Waals surface area contributed by atoms with Gasteiger partial charge >= 0.3 is 5.97 Å². The molecule has 1 heterocycles. The zero-order chi connectivity index (χ0) is 13.7. The van der Waals surface area contributed by atoms with Crippen LogP contribution >= 0.6 is 0 Å². The summed E-state index contributed by atoms with van der Waals surface area (Å²) in [4.78, 5) is 26.3. The summed E-state index contributed by atoms with van der Waals surface area (Å²) >= 11 is 0. The average Bonchev–Trinajstić information content (AvgIpc) is 2.91. The average molecular weight is 260 g/mol. The van der Waals surface area contributed by atoms with Gasteiger partial charge in [0.2, 0.25) is 0 Å². The summed E-state index contributed by atoms with van der Waals surface area (Å²) in [5.74, 6) is -0.896. The van der Waals surface area contributed by atoms with Crippen molar-refractivity contribution in [2.24, 2.45) is 5.16 Å². The molecule has 0 amide bonds. The molecule has 1 aromatic carbocycles. The number of nitro groups is 1. The monoisotopic (exact) mass is 260 g/mol. The molecule has 96 valence electrons. The second kappa shape index (κ2) is 5.58. The Morgan fingerprint density at radius 3 is 2.84 bits per heavy atom. The van der Waals surface area contributed by atoms with E-state index in [1.165, 1.54) is 43.0 Å². The molecule has 0 unspecified atom stereocenters. The minimum Gasteiger partial charge on any atom is -0.472 e. The molecule has 0 spiro atoms. The number of oxime groups is 1. The number of carbonyl (C=O) groups is 1. The molecule has 0 fully saturated rings. The Kier molecular flexibility index (Phi) is 3.67. The smallest absolute Gasteiger partial charge is 0.372 e. The lowest BCUT2D eigenvalue weighted by atomic mass is 10.2. The van der Waals surface area contributed by atoms with E-state index in [0.717, 1.165) is 0 Å². The number of furan rings is 1.